The van der Waals surface area contributed by atoms with Crippen LogP contribution in [-0.4, -0.2) is 63.9 Å². The molecular weight excluding hydrogens is 482 g/mol. The molecule has 0 unspecified atom stereocenters. The molecule has 4 rings (SSSR count). The Kier molecular flexibility index (Phi) is 9.58. The minimum absolute atomic E-state index is 0.0204. The summed E-state index contributed by atoms with van der Waals surface area (Å²) in [5, 5.41) is 20.6. The van der Waals surface area contributed by atoms with Gasteiger partial charge in [0.05, 0.1) is 17.7 Å². The van der Waals surface area contributed by atoms with Crippen LogP contribution in [0.25, 0.3) is 0 Å². The largest absolute Gasteiger partial charge is 0.507 e. The predicted octanol–water partition coefficient (Wildman–Crippen LogP) is 5.08. The van der Waals surface area contributed by atoms with Crippen molar-refractivity contribution in [3.63, 3.8) is 0 Å². The Morgan fingerprint density at radius 3 is 2.21 bits per heavy atom. The van der Waals surface area contributed by atoms with Crippen molar-refractivity contribution in [3.8, 4) is 11.5 Å². The molecule has 2 aromatic carbocycles. The van der Waals surface area contributed by atoms with Gasteiger partial charge >= 0.3 is 0 Å². The van der Waals surface area contributed by atoms with Crippen LogP contribution in [0.15, 0.2) is 46.9 Å². The fourth-order valence-corrected chi connectivity index (χ4v) is 4.38. The molecule has 0 atom stereocenters. The lowest BCUT2D eigenvalue weighted by Crippen LogP contribution is -2.28. The summed E-state index contributed by atoms with van der Waals surface area (Å²) in [6.07, 6.45) is 1.27. The Balaban J connectivity index is 0.000000505. The summed E-state index contributed by atoms with van der Waals surface area (Å²) in [5.74, 6) is -0.297. The lowest BCUT2D eigenvalue weighted by atomic mass is 10.1. The zero-order valence-electron chi connectivity index (χ0n) is 23.2. The van der Waals surface area contributed by atoms with Crippen molar-refractivity contribution in [2.45, 2.75) is 53.8 Å². The number of phenolic OH excluding ortho intramolecular Hbond substituents is 2. The van der Waals surface area contributed by atoms with Gasteiger partial charge in [-0.05, 0) is 69.7 Å². The number of rotatable bonds is 7. The highest BCUT2D eigenvalue weighted by Crippen LogP contribution is 2.32. The minimum Gasteiger partial charge on any atom is -0.507 e. The first-order valence-electron chi connectivity index (χ1n) is 13.0. The summed E-state index contributed by atoms with van der Waals surface area (Å²) in [6, 6.07) is 11.9. The number of hydrogen-bond acceptors (Lipinski definition) is 6. The summed E-state index contributed by atoms with van der Waals surface area (Å²) in [7, 11) is 3.72. The highest BCUT2D eigenvalue weighted by Gasteiger charge is 2.28. The second kappa shape index (κ2) is 12.6. The average molecular weight is 522 g/mol. The van der Waals surface area contributed by atoms with Gasteiger partial charge in [0, 0.05) is 26.2 Å². The molecule has 0 aliphatic carbocycles. The van der Waals surface area contributed by atoms with Crippen molar-refractivity contribution >= 4 is 11.8 Å². The van der Waals surface area contributed by atoms with Gasteiger partial charge < -0.3 is 29.3 Å². The topological polar surface area (TPSA) is 97.5 Å². The Bertz CT molecular complexity index is 1280. The maximum Gasteiger partial charge on any atom is 0.258 e. The SMILES string of the molecule is CCCN(C)CC.Cc1ccc2c(c1)CN(C(=O)c1cc(C(=O)N(C)Cc3ccc(C)o3)c(O)cc1O)C2. The Morgan fingerprint density at radius 1 is 0.921 bits per heavy atom. The van der Waals surface area contributed by atoms with E-state index < -0.39 is 11.8 Å². The standard InChI is InChI=1S/C24H24N2O5.C6H15N/c1-14-4-6-16-11-26(12-17(16)8-14)24(30)20-9-19(21(27)10-22(20)28)23(29)25(3)13-18-7-5-15(2)31-18;1-4-6-7(3)5-2/h4-10,27-28H,11-13H2,1-3H3;4-6H2,1-3H3. The number of nitrogens with zero attached hydrogens (tertiary/aromatic N) is 3. The Labute approximate surface area is 225 Å². The molecule has 0 saturated heterocycles. The van der Waals surface area contributed by atoms with E-state index in [4.69, 9.17) is 4.42 Å². The normalized spacial score (nSPS) is 12.2. The van der Waals surface area contributed by atoms with Gasteiger partial charge in [-0.1, -0.05) is 37.6 Å². The van der Waals surface area contributed by atoms with E-state index in [9.17, 15) is 19.8 Å². The molecule has 0 radical (unpaired) electrons. The number of carbonyl (C=O) groups is 2. The Hall–Kier alpha value is -3.78. The lowest BCUT2D eigenvalue weighted by molar-refractivity contribution is 0.0748. The van der Waals surface area contributed by atoms with Gasteiger partial charge in [0.25, 0.3) is 11.8 Å². The molecule has 0 bridgehead atoms. The zero-order chi connectivity index (χ0) is 28.0. The van der Waals surface area contributed by atoms with Gasteiger partial charge in [-0.3, -0.25) is 9.59 Å². The highest BCUT2D eigenvalue weighted by atomic mass is 16.3. The summed E-state index contributed by atoms with van der Waals surface area (Å²) < 4.78 is 5.50. The van der Waals surface area contributed by atoms with Crippen molar-refractivity contribution in [3.05, 3.63) is 81.8 Å². The molecule has 38 heavy (non-hydrogen) atoms. The van der Waals surface area contributed by atoms with Crippen molar-refractivity contribution in [1.29, 1.82) is 0 Å². The van der Waals surface area contributed by atoms with Crippen molar-refractivity contribution in [2.75, 3.05) is 27.2 Å². The van der Waals surface area contributed by atoms with Gasteiger partial charge in [-0.25, -0.2) is 0 Å². The third kappa shape index (κ3) is 6.95. The quantitative estimate of drug-likeness (QED) is 0.450. The molecule has 1 aliphatic rings. The summed E-state index contributed by atoms with van der Waals surface area (Å²) in [6.45, 7) is 11.7. The predicted molar refractivity (Wildman–Crippen MR) is 147 cm³/mol. The van der Waals surface area contributed by atoms with Gasteiger partial charge in [-0.2, -0.15) is 0 Å². The van der Waals surface area contributed by atoms with Crippen LogP contribution in [0.4, 0.5) is 0 Å². The van der Waals surface area contributed by atoms with Crippen molar-refractivity contribution in [1.82, 2.24) is 14.7 Å². The number of aromatic hydroxyl groups is 2. The smallest absolute Gasteiger partial charge is 0.258 e. The van der Waals surface area contributed by atoms with Gasteiger partial charge in [0.1, 0.15) is 23.0 Å². The van der Waals surface area contributed by atoms with E-state index in [1.807, 2.05) is 32.0 Å². The van der Waals surface area contributed by atoms with E-state index >= 15 is 0 Å². The van der Waals surface area contributed by atoms with E-state index in [1.165, 1.54) is 30.5 Å². The summed E-state index contributed by atoms with van der Waals surface area (Å²) >= 11 is 0. The van der Waals surface area contributed by atoms with Crippen molar-refractivity contribution in [2.24, 2.45) is 0 Å². The monoisotopic (exact) mass is 521 g/mol. The molecular formula is C30H39N3O5. The van der Waals surface area contributed by atoms with Gasteiger partial charge in [-0.15, -0.1) is 0 Å². The maximum absolute atomic E-state index is 13.1. The van der Waals surface area contributed by atoms with E-state index in [2.05, 4.69) is 25.8 Å². The van der Waals surface area contributed by atoms with Crippen LogP contribution >= 0.6 is 0 Å². The van der Waals surface area contributed by atoms with Crippen LogP contribution in [0, 0.1) is 13.8 Å². The molecule has 0 spiro atoms. The first-order valence-corrected chi connectivity index (χ1v) is 13.0. The molecule has 3 aromatic rings. The van der Waals surface area contributed by atoms with E-state index in [-0.39, 0.29) is 29.2 Å². The first kappa shape index (κ1) is 28.8. The molecule has 2 amide bonds. The molecule has 2 heterocycles. The van der Waals surface area contributed by atoms with E-state index in [0.717, 1.165) is 28.5 Å². The molecule has 2 N–H and O–H groups in total. The zero-order valence-corrected chi connectivity index (χ0v) is 23.2. The number of hydrogen-bond donors (Lipinski definition) is 2. The average Bonchev–Trinajstić information content (AvgIpc) is 3.49. The number of carbonyl (C=O) groups excluding carboxylic acids is 2. The first-order chi connectivity index (χ1) is 18.0. The van der Waals surface area contributed by atoms with Crippen LogP contribution in [0.5, 0.6) is 11.5 Å². The third-order valence-corrected chi connectivity index (χ3v) is 6.63. The summed E-state index contributed by atoms with van der Waals surface area (Å²) in [5.41, 5.74) is 3.16. The van der Waals surface area contributed by atoms with E-state index in [1.54, 1.807) is 24.1 Å². The van der Waals surface area contributed by atoms with Crippen LogP contribution < -0.4 is 0 Å². The Morgan fingerprint density at radius 2 is 1.61 bits per heavy atom. The number of amides is 2. The second-order valence-electron chi connectivity index (χ2n) is 9.89. The molecule has 1 aliphatic heterocycles. The molecule has 8 heteroatoms. The molecule has 8 nitrogen and oxygen atoms in total. The van der Waals surface area contributed by atoms with E-state index in [0.29, 0.717) is 18.8 Å². The molecule has 204 valence electrons. The minimum atomic E-state index is -0.485. The van der Waals surface area contributed by atoms with Crippen LogP contribution in [0.1, 0.15) is 69.2 Å². The fourth-order valence-electron chi connectivity index (χ4n) is 4.38. The lowest BCUT2D eigenvalue weighted by Gasteiger charge is -2.19. The number of phenols is 2. The number of fused-ring (bicyclic) bond motifs is 1. The molecule has 1 aromatic heterocycles. The summed E-state index contributed by atoms with van der Waals surface area (Å²) in [4.78, 5) is 31.3. The number of furan rings is 1. The number of benzene rings is 2. The molecule has 0 saturated carbocycles. The van der Waals surface area contributed by atoms with Crippen molar-refractivity contribution < 1.29 is 24.2 Å². The van der Waals surface area contributed by atoms with Crippen LogP contribution in [-0.2, 0) is 19.6 Å². The number of aryl methyl sites for hydroxylation is 2. The van der Waals surface area contributed by atoms with Gasteiger partial charge in [0.15, 0.2) is 0 Å². The molecule has 0 fully saturated rings. The second-order valence-corrected chi connectivity index (χ2v) is 9.89. The maximum atomic E-state index is 13.1. The van der Waals surface area contributed by atoms with Crippen LogP contribution in [0.2, 0.25) is 0 Å². The van der Waals surface area contributed by atoms with Crippen LogP contribution in [0.3, 0.4) is 0 Å². The van der Waals surface area contributed by atoms with Gasteiger partial charge in [0.2, 0.25) is 0 Å². The third-order valence-electron chi connectivity index (χ3n) is 6.63. The highest BCUT2D eigenvalue weighted by molar-refractivity contribution is 6.03. The fraction of sp³-hybridized carbons (Fsp3) is 0.400.